The van der Waals surface area contributed by atoms with Crippen LogP contribution < -0.4 is 0 Å². The maximum Gasteiger partial charge on any atom is 0.000663 e. The van der Waals surface area contributed by atoms with Gasteiger partial charge in [-0.2, -0.15) is 0 Å². The molecule has 0 aromatic carbocycles. The van der Waals surface area contributed by atoms with Crippen LogP contribution in [0.2, 0.25) is 0 Å². The Morgan fingerprint density at radius 1 is 1.23 bits per heavy atom. The molecular weight excluding hydrogens is 156 g/mol. The Balaban J connectivity index is 2.68. The highest BCUT2D eigenvalue weighted by atomic mass is 14.3. The van der Waals surface area contributed by atoms with Gasteiger partial charge in [-0.05, 0) is 24.2 Å². The normalized spacial score (nSPS) is 21.3. The summed E-state index contributed by atoms with van der Waals surface area (Å²) in [7, 11) is 0. The van der Waals surface area contributed by atoms with E-state index in [2.05, 4.69) is 52.0 Å². The lowest BCUT2D eigenvalue weighted by atomic mass is 9.70. The fraction of sp³-hybridized carbons (Fsp3) is 0.692. The van der Waals surface area contributed by atoms with E-state index in [1.165, 1.54) is 12.8 Å². The van der Waals surface area contributed by atoms with Gasteiger partial charge in [-0.25, -0.2) is 0 Å². The molecule has 1 aliphatic rings. The van der Waals surface area contributed by atoms with E-state index >= 15 is 0 Å². The second kappa shape index (κ2) is 4.13. The Morgan fingerprint density at radius 2 is 1.77 bits per heavy atom. The van der Waals surface area contributed by atoms with Crippen LogP contribution in [-0.4, -0.2) is 0 Å². The zero-order valence-corrected chi connectivity index (χ0v) is 9.38. The highest BCUT2D eigenvalue weighted by Crippen LogP contribution is 2.40. The van der Waals surface area contributed by atoms with Crippen molar-refractivity contribution in [2.75, 3.05) is 0 Å². The van der Waals surface area contributed by atoms with Gasteiger partial charge in [0.15, 0.2) is 0 Å². The van der Waals surface area contributed by atoms with Crippen LogP contribution >= 0.6 is 0 Å². The van der Waals surface area contributed by atoms with Gasteiger partial charge in [0.2, 0.25) is 0 Å². The Morgan fingerprint density at radius 3 is 2.15 bits per heavy atom. The van der Waals surface area contributed by atoms with E-state index in [1.807, 2.05) is 0 Å². The lowest BCUT2D eigenvalue weighted by molar-refractivity contribution is 0.203. The van der Waals surface area contributed by atoms with E-state index in [0.717, 1.165) is 5.92 Å². The van der Waals surface area contributed by atoms with Gasteiger partial charge in [-0.3, -0.25) is 0 Å². The van der Waals surface area contributed by atoms with Crippen LogP contribution in [0, 0.1) is 17.3 Å². The van der Waals surface area contributed by atoms with E-state index in [1.54, 1.807) is 0 Å². The number of hydrogen-bond donors (Lipinski definition) is 0. The van der Waals surface area contributed by atoms with Gasteiger partial charge in [0.25, 0.3) is 0 Å². The molecule has 0 amide bonds. The Hall–Kier alpha value is -0.520. The molecule has 0 heterocycles. The summed E-state index contributed by atoms with van der Waals surface area (Å²) >= 11 is 0. The quantitative estimate of drug-likeness (QED) is 0.605. The smallest absolute Gasteiger partial charge is 0.000663 e. The van der Waals surface area contributed by atoms with Crippen molar-refractivity contribution in [2.45, 2.75) is 40.5 Å². The molecule has 1 unspecified atom stereocenters. The van der Waals surface area contributed by atoms with Crippen molar-refractivity contribution < 1.29 is 0 Å². The van der Waals surface area contributed by atoms with Crippen molar-refractivity contribution in [1.82, 2.24) is 0 Å². The fourth-order valence-corrected chi connectivity index (χ4v) is 2.35. The summed E-state index contributed by atoms with van der Waals surface area (Å²) in [5, 5.41) is 0. The topological polar surface area (TPSA) is 0 Å². The highest BCUT2D eigenvalue weighted by molar-refractivity contribution is 5.20. The highest BCUT2D eigenvalue weighted by Gasteiger charge is 2.30. The lowest BCUT2D eigenvalue weighted by Gasteiger charge is -2.34. The first-order chi connectivity index (χ1) is 6.08. The van der Waals surface area contributed by atoms with Crippen LogP contribution in [0.1, 0.15) is 40.5 Å². The maximum atomic E-state index is 2.41. The third kappa shape index (κ3) is 2.46. The zero-order valence-electron chi connectivity index (χ0n) is 9.38. The third-order valence-corrected chi connectivity index (χ3v) is 3.23. The van der Waals surface area contributed by atoms with Crippen LogP contribution in [0.25, 0.3) is 0 Å². The van der Waals surface area contributed by atoms with Crippen LogP contribution in [0.15, 0.2) is 24.3 Å². The Labute approximate surface area is 82.7 Å². The molecule has 0 fully saturated rings. The van der Waals surface area contributed by atoms with E-state index in [0.29, 0.717) is 11.3 Å². The van der Waals surface area contributed by atoms with E-state index in [4.69, 9.17) is 0 Å². The van der Waals surface area contributed by atoms with E-state index < -0.39 is 0 Å². The molecule has 74 valence electrons. The van der Waals surface area contributed by atoms with Crippen LogP contribution in [-0.2, 0) is 0 Å². The summed E-state index contributed by atoms with van der Waals surface area (Å²) in [5.74, 6) is 1.47. The third-order valence-electron chi connectivity index (χ3n) is 3.23. The molecule has 0 radical (unpaired) electrons. The summed E-state index contributed by atoms with van der Waals surface area (Å²) in [6, 6.07) is 0. The molecule has 1 aliphatic carbocycles. The molecular formula is C13H22. The van der Waals surface area contributed by atoms with Crippen molar-refractivity contribution in [3.05, 3.63) is 24.3 Å². The van der Waals surface area contributed by atoms with E-state index in [-0.39, 0.29) is 0 Å². The summed E-state index contributed by atoms with van der Waals surface area (Å²) < 4.78 is 0. The largest absolute Gasteiger partial charge is 0.0771 e. The first-order valence-electron chi connectivity index (χ1n) is 5.43. The first kappa shape index (κ1) is 10.6. The average Bonchev–Trinajstić information content (AvgIpc) is 2.55. The molecule has 13 heavy (non-hydrogen) atoms. The summed E-state index contributed by atoms with van der Waals surface area (Å²) in [6.45, 7) is 9.35. The minimum atomic E-state index is 0.470. The van der Waals surface area contributed by atoms with Crippen molar-refractivity contribution in [1.29, 1.82) is 0 Å². The second-order valence-corrected chi connectivity index (χ2v) is 4.90. The molecule has 0 aliphatic heterocycles. The second-order valence-electron chi connectivity index (χ2n) is 4.90. The summed E-state index contributed by atoms with van der Waals surface area (Å²) in [5.41, 5.74) is 0.470. The van der Waals surface area contributed by atoms with Gasteiger partial charge in [0.05, 0.1) is 0 Å². The van der Waals surface area contributed by atoms with Crippen LogP contribution in [0.4, 0.5) is 0 Å². The molecule has 0 bridgehead atoms. The molecule has 0 nitrogen and oxygen atoms in total. The fourth-order valence-electron chi connectivity index (χ4n) is 2.35. The molecule has 0 aromatic rings. The monoisotopic (exact) mass is 178 g/mol. The van der Waals surface area contributed by atoms with Gasteiger partial charge in [0, 0.05) is 5.92 Å². The van der Waals surface area contributed by atoms with Crippen LogP contribution in [0.5, 0.6) is 0 Å². The molecule has 0 spiro atoms. The number of rotatable bonds is 4. The molecule has 0 heteroatoms. The van der Waals surface area contributed by atoms with Crippen molar-refractivity contribution in [2.24, 2.45) is 17.3 Å². The van der Waals surface area contributed by atoms with Gasteiger partial charge < -0.3 is 0 Å². The Bertz CT molecular complexity index is 198. The van der Waals surface area contributed by atoms with Crippen molar-refractivity contribution in [3.8, 4) is 0 Å². The summed E-state index contributed by atoms with van der Waals surface area (Å²) in [4.78, 5) is 0. The first-order valence-corrected chi connectivity index (χ1v) is 5.43. The molecule has 0 saturated carbocycles. The SMILES string of the molecule is CCC(C)(CC(C)C)C1C=CC=C1. The average molecular weight is 178 g/mol. The molecule has 1 atom stereocenters. The van der Waals surface area contributed by atoms with Gasteiger partial charge >= 0.3 is 0 Å². The minimum Gasteiger partial charge on any atom is -0.0771 e. The van der Waals surface area contributed by atoms with Crippen LogP contribution in [0.3, 0.4) is 0 Å². The number of hydrogen-bond acceptors (Lipinski definition) is 0. The molecule has 1 rings (SSSR count). The lowest BCUT2D eigenvalue weighted by Crippen LogP contribution is -2.25. The molecule has 0 saturated heterocycles. The van der Waals surface area contributed by atoms with Crippen molar-refractivity contribution >= 4 is 0 Å². The predicted molar refractivity (Wildman–Crippen MR) is 59.6 cm³/mol. The standard InChI is InChI=1S/C13H22/c1-5-13(4,10-11(2)3)12-8-6-7-9-12/h6-9,11-12H,5,10H2,1-4H3. The van der Waals surface area contributed by atoms with Gasteiger partial charge in [-0.15, -0.1) is 0 Å². The molecule has 0 N–H and O–H groups in total. The van der Waals surface area contributed by atoms with Gasteiger partial charge in [-0.1, -0.05) is 52.0 Å². The minimum absolute atomic E-state index is 0.470. The number of allylic oxidation sites excluding steroid dienone is 4. The van der Waals surface area contributed by atoms with E-state index in [9.17, 15) is 0 Å². The molecule has 0 aromatic heterocycles. The van der Waals surface area contributed by atoms with Gasteiger partial charge in [0.1, 0.15) is 0 Å². The predicted octanol–water partition coefficient (Wildman–Crippen LogP) is 4.19. The van der Waals surface area contributed by atoms with Crippen molar-refractivity contribution in [3.63, 3.8) is 0 Å². The summed E-state index contributed by atoms with van der Waals surface area (Å²) in [6.07, 6.45) is 11.6. The zero-order chi connectivity index (χ0) is 9.90. The Kier molecular flexibility index (Phi) is 3.35. The maximum absolute atomic E-state index is 2.41.